The van der Waals surface area contributed by atoms with Crippen LogP contribution in [0.2, 0.25) is 0 Å². The summed E-state index contributed by atoms with van der Waals surface area (Å²) in [5.74, 6) is 0.816. The smallest absolute Gasteiger partial charge is 0.224 e. The van der Waals surface area contributed by atoms with Crippen LogP contribution in [0.4, 0.5) is 45.5 Å². The number of hydrogen-bond acceptors (Lipinski definition) is 8. The Morgan fingerprint density at radius 1 is 0.379 bits per heavy atom. The summed E-state index contributed by atoms with van der Waals surface area (Å²) in [6, 6.07) is 59.1. The Morgan fingerprint density at radius 3 is 1.26 bits per heavy atom. The van der Waals surface area contributed by atoms with Crippen LogP contribution in [0.1, 0.15) is 46.6 Å². The lowest BCUT2D eigenvalue weighted by Crippen LogP contribution is -2.12. The van der Waals surface area contributed by atoms with E-state index in [2.05, 4.69) is 31.9 Å². The van der Waals surface area contributed by atoms with Gasteiger partial charge in [-0.05, 0) is 145 Å². The molecular weight excluding hydrogens is 857 g/mol. The molecule has 0 atom stereocenters. The van der Waals surface area contributed by atoms with E-state index in [1.807, 2.05) is 193 Å². The van der Waals surface area contributed by atoms with Gasteiger partial charge in [-0.2, -0.15) is 0 Å². The van der Waals surface area contributed by atoms with E-state index >= 15 is 0 Å². The van der Waals surface area contributed by atoms with Crippen molar-refractivity contribution in [2.24, 2.45) is 0 Å². The van der Waals surface area contributed by atoms with Crippen LogP contribution >= 0.6 is 22.7 Å². The van der Waals surface area contributed by atoms with Crippen molar-refractivity contribution in [1.29, 1.82) is 10.8 Å². The molecule has 0 unspecified atom stereocenters. The molecule has 0 saturated heterocycles. The van der Waals surface area contributed by atoms with E-state index in [9.17, 15) is 9.59 Å². The number of anilines is 8. The normalized spacial score (nSPS) is 10.4. The minimum Gasteiger partial charge on any atom is -0.356 e. The molecule has 0 spiro atoms. The van der Waals surface area contributed by atoms with Crippen molar-refractivity contribution in [3.63, 3.8) is 0 Å². The maximum Gasteiger partial charge on any atom is 0.224 e. The first kappa shape index (κ1) is 46.2. The third-order valence-electron chi connectivity index (χ3n) is 10.2. The molecule has 0 aliphatic carbocycles. The monoisotopic (exact) mass is 908 g/mol. The van der Waals surface area contributed by atoms with Crippen LogP contribution in [0.5, 0.6) is 0 Å². The van der Waals surface area contributed by atoms with Crippen LogP contribution in [0.25, 0.3) is 0 Å². The van der Waals surface area contributed by atoms with Gasteiger partial charge in [0.25, 0.3) is 0 Å². The van der Waals surface area contributed by atoms with E-state index in [1.54, 1.807) is 11.3 Å². The number of thiophene rings is 2. The third kappa shape index (κ3) is 14.9. The second-order valence-corrected chi connectivity index (χ2v) is 17.2. The number of aryl methyl sites for hydroxylation is 2. The van der Waals surface area contributed by atoms with Gasteiger partial charge in [0.15, 0.2) is 0 Å². The maximum atomic E-state index is 12.5. The number of amidine groups is 2. The average molecular weight is 909 g/mol. The summed E-state index contributed by atoms with van der Waals surface area (Å²) in [5, 5.41) is 39.0. The zero-order chi connectivity index (χ0) is 45.8. The molecule has 2 heterocycles. The summed E-state index contributed by atoms with van der Waals surface area (Å²) in [7, 11) is 0. The van der Waals surface area contributed by atoms with Gasteiger partial charge in [0.05, 0.1) is 21.1 Å². The van der Waals surface area contributed by atoms with Gasteiger partial charge in [-0.25, -0.2) is 0 Å². The van der Waals surface area contributed by atoms with Crippen molar-refractivity contribution in [2.45, 2.75) is 38.5 Å². The molecule has 8 N–H and O–H groups in total. The molecule has 0 bridgehead atoms. The highest BCUT2D eigenvalue weighted by atomic mass is 32.1. The summed E-state index contributed by atoms with van der Waals surface area (Å²) in [4.78, 5) is 26.6. The average Bonchev–Trinajstić information content (AvgIpc) is 4.10. The minimum atomic E-state index is -0.00000531. The SMILES string of the molecule is N=C(Nc1ccc(CCCC(=O)Nc2ccc(Nc3ccccc3)cc2)cc1)c1cccs1.N=C(Nc1ccc(CCCC(=O)Nc2ccccc2Nc2ccccc2)cc1)c1cccs1. The number of rotatable bonds is 18. The Balaban J connectivity index is 0.000000196. The van der Waals surface area contributed by atoms with Gasteiger partial charge in [0.2, 0.25) is 11.8 Å². The lowest BCUT2D eigenvalue weighted by atomic mass is 10.1. The first-order valence-electron chi connectivity index (χ1n) is 21.7. The van der Waals surface area contributed by atoms with Crippen molar-refractivity contribution in [3.05, 3.63) is 214 Å². The number of para-hydroxylation sites is 4. The van der Waals surface area contributed by atoms with Gasteiger partial charge in [0, 0.05) is 47.0 Å². The number of benzene rings is 6. The Bertz CT molecular complexity index is 2750. The van der Waals surface area contributed by atoms with Crippen molar-refractivity contribution >= 4 is 91.7 Å². The van der Waals surface area contributed by atoms with Crippen LogP contribution in [-0.2, 0) is 22.4 Å². The number of nitrogens with one attached hydrogen (secondary N) is 8. The maximum absolute atomic E-state index is 12.5. The van der Waals surface area contributed by atoms with Gasteiger partial charge in [0.1, 0.15) is 11.7 Å². The van der Waals surface area contributed by atoms with Crippen LogP contribution < -0.4 is 31.9 Å². The lowest BCUT2D eigenvalue weighted by molar-refractivity contribution is -0.117. The zero-order valence-corrected chi connectivity index (χ0v) is 38.0. The fourth-order valence-corrected chi connectivity index (χ4v) is 8.07. The fraction of sp³-hybridized carbons (Fsp3) is 0.111. The molecule has 2 aromatic heterocycles. The predicted molar refractivity (Wildman–Crippen MR) is 278 cm³/mol. The molecular formula is C54H52N8O2S2. The van der Waals surface area contributed by atoms with E-state index in [1.165, 1.54) is 22.5 Å². The minimum absolute atomic E-state index is 0.00000531. The van der Waals surface area contributed by atoms with Gasteiger partial charge in [-0.3, -0.25) is 20.4 Å². The standard InChI is InChI=1S/2C27H26N4OS/c28-27(25-9-5-19-33-25)31-24-13-11-20(12-14-24)6-4-10-26(32)30-23-17-15-22(16-18-23)29-21-7-2-1-3-8-21;28-27(25-13-7-19-33-25)30-22-17-15-20(16-18-22)8-6-14-26(32)31-24-12-5-4-11-23(24)29-21-9-2-1-3-10-21/h1-3,5,7-9,11-19,29H,4,6,10H2,(H2,28,31)(H,30,32);1-5,7,9-13,15-19,29H,6,8,14H2,(H2,28,30)(H,31,32). The molecule has 0 radical (unpaired) electrons. The van der Waals surface area contributed by atoms with E-state index in [0.717, 1.165) is 80.9 Å². The van der Waals surface area contributed by atoms with E-state index in [4.69, 9.17) is 10.8 Å². The summed E-state index contributed by atoms with van der Waals surface area (Å²) in [5.41, 5.74) is 9.53. The Kier molecular flexibility index (Phi) is 17.0. The van der Waals surface area contributed by atoms with Gasteiger partial charge >= 0.3 is 0 Å². The molecule has 6 aromatic carbocycles. The number of carbonyl (C=O) groups is 2. The van der Waals surface area contributed by atoms with E-state index in [0.29, 0.717) is 24.5 Å². The molecule has 2 amide bonds. The van der Waals surface area contributed by atoms with Crippen molar-refractivity contribution < 1.29 is 9.59 Å². The summed E-state index contributed by atoms with van der Waals surface area (Å²) < 4.78 is 0. The molecule has 0 aliphatic heterocycles. The molecule has 0 aliphatic rings. The second-order valence-electron chi connectivity index (χ2n) is 15.3. The molecule has 332 valence electrons. The highest BCUT2D eigenvalue weighted by Crippen LogP contribution is 2.26. The fourth-order valence-electron chi connectivity index (χ4n) is 6.81. The van der Waals surface area contributed by atoms with Crippen molar-refractivity contribution in [2.75, 3.05) is 31.9 Å². The summed E-state index contributed by atoms with van der Waals surface area (Å²) in [6.07, 6.45) is 4.10. The molecule has 12 heteroatoms. The lowest BCUT2D eigenvalue weighted by Gasteiger charge is -2.13. The van der Waals surface area contributed by atoms with Crippen LogP contribution in [-0.4, -0.2) is 23.5 Å². The van der Waals surface area contributed by atoms with Crippen molar-refractivity contribution in [1.82, 2.24) is 0 Å². The first-order chi connectivity index (χ1) is 32.3. The molecule has 66 heavy (non-hydrogen) atoms. The zero-order valence-electron chi connectivity index (χ0n) is 36.4. The molecule has 0 fully saturated rings. The Labute approximate surface area is 394 Å². The first-order valence-corrected chi connectivity index (χ1v) is 23.5. The highest BCUT2D eigenvalue weighted by molar-refractivity contribution is 7.12. The Morgan fingerprint density at radius 2 is 0.773 bits per heavy atom. The number of carbonyl (C=O) groups excluding carboxylic acids is 2. The van der Waals surface area contributed by atoms with E-state index in [-0.39, 0.29) is 11.8 Å². The van der Waals surface area contributed by atoms with E-state index < -0.39 is 0 Å². The van der Waals surface area contributed by atoms with Crippen LogP contribution in [0.3, 0.4) is 0 Å². The molecule has 8 rings (SSSR count). The third-order valence-corrected chi connectivity index (χ3v) is 12.0. The molecule has 0 saturated carbocycles. The molecule has 10 nitrogen and oxygen atoms in total. The topological polar surface area (TPSA) is 154 Å². The second kappa shape index (κ2) is 24.3. The molecule has 8 aromatic rings. The summed E-state index contributed by atoms with van der Waals surface area (Å²) in [6.45, 7) is 0. The van der Waals surface area contributed by atoms with Gasteiger partial charge < -0.3 is 31.9 Å². The van der Waals surface area contributed by atoms with Crippen molar-refractivity contribution in [3.8, 4) is 0 Å². The Hall–Kier alpha value is -7.80. The van der Waals surface area contributed by atoms with Crippen LogP contribution in [0, 0.1) is 10.8 Å². The highest BCUT2D eigenvalue weighted by Gasteiger charge is 2.09. The number of amides is 2. The largest absolute Gasteiger partial charge is 0.356 e. The number of hydrogen-bond donors (Lipinski definition) is 8. The summed E-state index contributed by atoms with van der Waals surface area (Å²) >= 11 is 3.08. The predicted octanol–water partition coefficient (Wildman–Crippen LogP) is 13.8. The van der Waals surface area contributed by atoms with Gasteiger partial charge in [-0.1, -0.05) is 84.9 Å². The quantitative estimate of drug-likeness (QED) is 0.0317. The van der Waals surface area contributed by atoms with Crippen LogP contribution in [0.15, 0.2) is 193 Å². The van der Waals surface area contributed by atoms with Gasteiger partial charge in [-0.15, -0.1) is 22.7 Å².